The van der Waals surface area contributed by atoms with Gasteiger partial charge in [0.25, 0.3) is 11.7 Å². The number of ether oxygens (including phenoxy) is 5. The third-order valence-electron chi connectivity index (χ3n) is 11.1. The van der Waals surface area contributed by atoms with Crippen LogP contribution in [0.5, 0.6) is 17.2 Å². The molecule has 1 aromatic heterocycles. The predicted molar refractivity (Wildman–Crippen MR) is 225 cm³/mol. The first-order valence-electron chi connectivity index (χ1n) is 19.9. The summed E-state index contributed by atoms with van der Waals surface area (Å²) in [6, 6.07) is 5.01. The Morgan fingerprint density at radius 3 is 2.55 bits per heavy atom. The second-order valence-corrected chi connectivity index (χ2v) is 16.0. The van der Waals surface area contributed by atoms with Crippen molar-refractivity contribution in [3.8, 4) is 17.2 Å². The minimum Gasteiger partial charge on any atom is -0.505 e. The standard InChI is InChI=1S/C45H53N3O12/c1-23-11-10-12-24(2)44(54)47-38-40(52)35-34(37-42(38)59-33-22-29(14-15-30(33)46-37)56-20-18-48(7)8)36-41(26(4)39(35)51)60-45(6,43(36)53)57-19-17-28(55-9)21-32(58-27(5)49)25(3)31(50)16-13-23/h10-12,14-15,17,19,22-23,25,28,31-32,50,52H,13,16,18,20-21H2,1-9H3,(H,47,54)/b11-10+,19-17+,24-12-/t23-,25+,28-,31+,32+,45-/m0/s1. The molecule has 3 N–H and O–H groups in total. The fraction of sp³-hybridized carbons (Fsp3) is 0.444. The number of amides is 1. The van der Waals surface area contributed by atoms with Gasteiger partial charge in [0.15, 0.2) is 22.3 Å². The normalized spacial score (nSPS) is 26.1. The second-order valence-electron chi connectivity index (χ2n) is 16.0. The van der Waals surface area contributed by atoms with E-state index >= 15 is 0 Å². The predicted octanol–water partition coefficient (Wildman–Crippen LogP) is 6.48. The van der Waals surface area contributed by atoms with Crippen LogP contribution in [0.15, 0.2) is 63.6 Å². The van der Waals surface area contributed by atoms with Crippen molar-refractivity contribution in [3.05, 3.63) is 75.7 Å². The van der Waals surface area contributed by atoms with Crippen LogP contribution in [0.1, 0.15) is 69.8 Å². The highest BCUT2D eigenvalue weighted by molar-refractivity contribution is 6.26. The average Bonchev–Trinajstić information content (AvgIpc) is 3.46. The highest BCUT2D eigenvalue weighted by atomic mass is 16.7. The molecule has 3 heterocycles. The maximum atomic E-state index is 14.6. The van der Waals surface area contributed by atoms with E-state index in [0.29, 0.717) is 37.3 Å². The molecule has 6 atom stereocenters. The first-order chi connectivity index (χ1) is 28.4. The number of hydrogen-bond acceptors (Lipinski definition) is 14. The van der Waals surface area contributed by atoms with Crippen molar-refractivity contribution in [2.24, 2.45) is 11.8 Å². The van der Waals surface area contributed by atoms with Crippen LogP contribution in [0.25, 0.3) is 33.0 Å². The number of ketones is 1. The van der Waals surface area contributed by atoms with E-state index in [2.05, 4.69) is 5.32 Å². The average molecular weight is 828 g/mol. The molecule has 15 nitrogen and oxygen atoms in total. The number of carbonyl (C=O) groups is 3. The number of nitrogens with one attached hydrogen (secondary N) is 1. The Kier molecular flexibility index (Phi) is 13.0. The van der Waals surface area contributed by atoms with E-state index in [1.54, 1.807) is 44.2 Å². The van der Waals surface area contributed by atoms with E-state index in [9.17, 15) is 29.4 Å². The Hall–Kier alpha value is -5.77. The molecular weight excluding hydrogens is 775 g/mol. The number of hydrogen-bond donors (Lipinski definition) is 3. The Bertz CT molecular complexity index is 2490. The maximum absolute atomic E-state index is 14.6. The summed E-state index contributed by atoms with van der Waals surface area (Å²) in [5.74, 6) is -4.48. The summed E-state index contributed by atoms with van der Waals surface area (Å²) in [5.41, 5.74) is -0.213. The maximum Gasteiger partial charge on any atom is 0.312 e. The third kappa shape index (κ3) is 8.88. The van der Waals surface area contributed by atoms with Gasteiger partial charge in [0.1, 0.15) is 40.9 Å². The van der Waals surface area contributed by atoms with Gasteiger partial charge in [-0.1, -0.05) is 32.1 Å². The number of Topliss-reactive ketones (excluding diaryl/α,β-unsaturated/α-hetero) is 1. The topological polar surface area (TPSA) is 196 Å². The van der Waals surface area contributed by atoms with Crippen molar-refractivity contribution in [2.75, 3.05) is 39.7 Å². The number of likely N-dealkylation sites (N-methyl/N-ethyl adjacent to an activating group) is 1. The molecule has 0 spiro atoms. The van der Waals surface area contributed by atoms with Gasteiger partial charge >= 0.3 is 11.8 Å². The Morgan fingerprint density at radius 2 is 1.85 bits per heavy atom. The van der Waals surface area contributed by atoms with Crippen molar-refractivity contribution < 1.29 is 52.7 Å². The minimum atomic E-state index is -2.00. The molecule has 0 aliphatic carbocycles. The molecule has 0 fully saturated rings. The second kappa shape index (κ2) is 17.8. The smallest absolute Gasteiger partial charge is 0.312 e. The van der Waals surface area contributed by atoms with Gasteiger partial charge in [-0.3, -0.25) is 19.2 Å². The molecule has 0 saturated heterocycles. The first kappa shape index (κ1) is 43.8. The molecule has 2 aliphatic rings. The van der Waals surface area contributed by atoms with E-state index in [1.165, 1.54) is 40.2 Å². The van der Waals surface area contributed by atoms with Gasteiger partial charge in [-0.25, -0.2) is 4.98 Å². The van der Waals surface area contributed by atoms with Crippen LogP contribution in [0.2, 0.25) is 0 Å². The molecule has 3 aromatic carbocycles. The largest absolute Gasteiger partial charge is 0.505 e. The molecular formula is C45H53N3O12. The highest BCUT2D eigenvalue weighted by Crippen LogP contribution is 2.48. The van der Waals surface area contributed by atoms with Crippen molar-refractivity contribution in [2.45, 2.75) is 84.9 Å². The number of aliphatic hydroxyl groups is 1. The van der Waals surface area contributed by atoms with Crippen LogP contribution in [0, 0.1) is 18.8 Å². The van der Waals surface area contributed by atoms with E-state index in [1.807, 2.05) is 32.0 Å². The van der Waals surface area contributed by atoms with Gasteiger partial charge in [-0.15, -0.1) is 0 Å². The molecule has 1 amide bonds. The molecule has 4 bridgehead atoms. The number of aliphatic hydroxyl groups excluding tert-OH is 1. The first-order valence-corrected chi connectivity index (χ1v) is 19.9. The molecule has 0 radical (unpaired) electrons. The third-order valence-corrected chi connectivity index (χ3v) is 11.1. The summed E-state index contributed by atoms with van der Waals surface area (Å²) < 4.78 is 35.9. The van der Waals surface area contributed by atoms with Gasteiger partial charge in [-0.05, 0) is 64.9 Å². The minimum absolute atomic E-state index is 0.00149. The van der Waals surface area contributed by atoms with E-state index in [-0.39, 0.29) is 67.9 Å². The summed E-state index contributed by atoms with van der Waals surface area (Å²) in [6.45, 7) is 10.6. The number of carbonyl (C=O) groups excluding carboxylic acids is 3. The summed E-state index contributed by atoms with van der Waals surface area (Å²) in [6.07, 6.45) is 6.91. The molecule has 6 rings (SSSR count). The van der Waals surface area contributed by atoms with Gasteiger partial charge in [-0.2, -0.15) is 0 Å². The number of anilines is 1. The summed E-state index contributed by atoms with van der Waals surface area (Å²) in [5, 5.41) is 25.6. The fourth-order valence-electron chi connectivity index (χ4n) is 7.34. The van der Waals surface area contributed by atoms with Crippen LogP contribution >= 0.6 is 0 Å². The number of methoxy groups -OCH3 is 1. The Balaban J connectivity index is 1.55. The lowest BCUT2D eigenvalue weighted by molar-refractivity contribution is -0.153. The lowest BCUT2D eigenvalue weighted by atomic mass is 9.89. The van der Waals surface area contributed by atoms with Crippen molar-refractivity contribution in [1.82, 2.24) is 9.88 Å². The zero-order chi connectivity index (χ0) is 43.6. The zero-order valence-corrected chi connectivity index (χ0v) is 35.4. The number of allylic oxidation sites excluding steroid dienone is 3. The number of aromatic hydroxyl groups is 1. The zero-order valence-electron chi connectivity index (χ0n) is 35.4. The number of rotatable bonds is 6. The molecule has 320 valence electrons. The molecule has 15 heteroatoms. The number of fused-ring (bicyclic) bond motifs is 2. The lowest BCUT2D eigenvalue weighted by Crippen LogP contribution is -2.38. The number of phenols is 1. The number of nitrogens with zero attached hydrogens (tertiary/aromatic N) is 2. The van der Waals surface area contributed by atoms with Crippen LogP contribution in [-0.2, 0) is 23.8 Å². The molecule has 4 aromatic rings. The van der Waals surface area contributed by atoms with Gasteiger partial charge in [0, 0.05) is 62.4 Å². The number of esters is 1. The van der Waals surface area contributed by atoms with Crippen LogP contribution in [0.3, 0.4) is 0 Å². The van der Waals surface area contributed by atoms with Crippen molar-refractivity contribution in [1.29, 1.82) is 0 Å². The highest BCUT2D eigenvalue weighted by Gasteiger charge is 2.49. The molecule has 0 saturated carbocycles. The fourth-order valence-corrected chi connectivity index (χ4v) is 7.34. The number of phenolic OH excluding ortho intramolecular Hbond substituents is 1. The van der Waals surface area contributed by atoms with E-state index < -0.39 is 58.9 Å². The summed E-state index contributed by atoms with van der Waals surface area (Å²) in [4.78, 5) is 61.6. The Labute approximate surface area is 347 Å². The van der Waals surface area contributed by atoms with Crippen molar-refractivity contribution >= 4 is 56.3 Å². The van der Waals surface area contributed by atoms with Crippen LogP contribution in [-0.4, -0.2) is 96.2 Å². The van der Waals surface area contributed by atoms with Crippen molar-refractivity contribution in [3.63, 3.8) is 0 Å². The number of benzene rings is 3. The lowest BCUT2D eigenvalue weighted by Gasteiger charge is -2.30. The monoisotopic (exact) mass is 827 g/mol. The molecule has 60 heavy (non-hydrogen) atoms. The van der Waals surface area contributed by atoms with Crippen LogP contribution < -0.4 is 20.2 Å². The van der Waals surface area contributed by atoms with Crippen LogP contribution in [0.4, 0.5) is 5.69 Å². The van der Waals surface area contributed by atoms with Gasteiger partial charge in [0.05, 0.1) is 29.4 Å². The SMILES string of the molecule is CO[C@H]1/C=C/O[C@@]2(C)Oc3c(C)c(=O)c4c(O)c(c5oc6cc(OCCN(C)C)ccc6nc5c4c3C2=O)NC(=O)/C(C)=C\C=C\[C@H](C)CC[C@@H](O)[C@@H](C)[C@H](OC(C)=O)C1. The summed E-state index contributed by atoms with van der Waals surface area (Å²) in [7, 11) is 5.32. The van der Waals surface area contributed by atoms with E-state index in [0.717, 1.165) is 0 Å². The molecule has 0 unspecified atom stereocenters. The van der Waals surface area contributed by atoms with E-state index in [4.69, 9.17) is 33.1 Å². The molecule has 2 aliphatic heterocycles. The van der Waals surface area contributed by atoms with Gasteiger partial charge in [0.2, 0.25) is 0 Å². The Morgan fingerprint density at radius 1 is 1.10 bits per heavy atom. The quantitative estimate of drug-likeness (QED) is 0.0827. The number of aromatic nitrogens is 1. The van der Waals surface area contributed by atoms with Gasteiger partial charge < -0.3 is 48.5 Å². The summed E-state index contributed by atoms with van der Waals surface area (Å²) >= 11 is 0.